The number of rotatable bonds is 4. The number of nitrogens with one attached hydrogen (secondary N) is 1. The molecule has 0 aromatic heterocycles. The van der Waals surface area contributed by atoms with Crippen molar-refractivity contribution >= 4 is 17.9 Å². The van der Waals surface area contributed by atoms with Gasteiger partial charge in [-0.15, -0.1) is 0 Å². The fraction of sp³-hybridized carbons (Fsp3) is 0.786. The van der Waals surface area contributed by atoms with Crippen molar-refractivity contribution in [3.05, 3.63) is 0 Å². The van der Waals surface area contributed by atoms with Crippen LogP contribution in [-0.4, -0.2) is 65.0 Å². The maximum Gasteiger partial charge on any atom is 0.323 e. The second-order valence-electron chi connectivity index (χ2n) is 6.25. The summed E-state index contributed by atoms with van der Waals surface area (Å²) in [4.78, 5) is 38.6. The highest BCUT2D eigenvalue weighted by Gasteiger charge is 2.44. The second kappa shape index (κ2) is 5.54. The number of hydrogen-bond donors (Lipinski definition) is 2. The first kappa shape index (κ1) is 14.2. The molecule has 2 atom stereocenters. The van der Waals surface area contributed by atoms with Gasteiger partial charge >= 0.3 is 12.0 Å². The molecular formula is C14H21N3O4. The summed E-state index contributed by atoms with van der Waals surface area (Å²) >= 11 is 0. The van der Waals surface area contributed by atoms with Gasteiger partial charge in [-0.2, -0.15) is 0 Å². The molecule has 1 saturated carbocycles. The molecular weight excluding hydrogens is 274 g/mol. The third-order valence-corrected chi connectivity index (χ3v) is 4.62. The van der Waals surface area contributed by atoms with Crippen LogP contribution in [0.15, 0.2) is 0 Å². The quantitative estimate of drug-likeness (QED) is 0.770. The van der Waals surface area contributed by atoms with E-state index in [0.717, 1.165) is 25.7 Å². The van der Waals surface area contributed by atoms with Crippen LogP contribution >= 0.6 is 0 Å². The van der Waals surface area contributed by atoms with E-state index in [1.54, 1.807) is 4.90 Å². The molecule has 116 valence electrons. The minimum absolute atomic E-state index is 0.0180. The molecule has 1 aliphatic carbocycles. The van der Waals surface area contributed by atoms with Gasteiger partial charge in [0.05, 0.1) is 12.0 Å². The van der Waals surface area contributed by atoms with Crippen molar-refractivity contribution in [3.63, 3.8) is 0 Å². The van der Waals surface area contributed by atoms with E-state index in [1.807, 2.05) is 0 Å². The normalized spacial score (nSPS) is 28.0. The van der Waals surface area contributed by atoms with E-state index in [0.29, 0.717) is 25.6 Å². The van der Waals surface area contributed by atoms with E-state index in [1.165, 1.54) is 4.90 Å². The van der Waals surface area contributed by atoms with E-state index in [4.69, 9.17) is 5.11 Å². The Balaban J connectivity index is 1.71. The lowest BCUT2D eigenvalue weighted by molar-refractivity contribution is -0.138. The number of carbonyl (C=O) groups excluding carboxylic acids is 2. The number of urea groups is 1. The predicted octanol–water partition coefficient (Wildman–Crippen LogP) is 0.113. The summed E-state index contributed by atoms with van der Waals surface area (Å²) in [5, 5.41) is 11.8. The number of piperidine rings is 1. The SMILES string of the molecule is O=C(O)CN(CC1CC1)C(=O)N1CCCC2C(=O)NCC21. The molecule has 3 fully saturated rings. The van der Waals surface area contributed by atoms with Crippen LogP contribution in [-0.2, 0) is 9.59 Å². The number of carbonyl (C=O) groups is 3. The fourth-order valence-electron chi connectivity index (χ4n) is 3.36. The summed E-state index contributed by atoms with van der Waals surface area (Å²) in [7, 11) is 0. The topological polar surface area (TPSA) is 90.0 Å². The maximum absolute atomic E-state index is 12.7. The Morgan fingerprint density at radius 3 is 2.76 bits per heavy atom. The summed E-state index contributed by atoms with van der Waals surface area (Å²) in [6.45, 7) is 1.35. The summed E-state index contributed by atoms with van der Waals surface area (Å²) in [6, 6.07) is -0.343. The highest BCUT2D eigenvalue weighted by atomic mass is 16.4. The summed E-state index contributed by atoms with van der Waals surface area (Å²) in [6.07, 6.45) is 3.73. The van der Waals surface area contributed by atoms with Crippen LogP contribution in [0.2, 0.25) is 0 Å². The Bertz CT molecular complexity index is 463. The fourth-order valence-corrected chi connectivity index (χ4v) is 3.36. The monoisotopic (exact) mass is 295 g/mol. The van der Waals surface area contributed by atoms with Gasteiger partial charge < -0.3 is 20.2 Å². The number of nitrogens with zero attached hydrogens (tertiary/aromatic N) is 2. The van der Waals surface area contributed by atoms with Crippen molar-refractivity contribution in [2.24, 2.45) is 11.8 Å². The van der Waals surface area contributed by atoms with Crippen LogP contribution in [0, 0.1) is 11.8 Å². The molecule has 2 unspecified atom stereocenters. The van der Waals surface area contributed by atoms with Gasteiger partial charge in [0.25, 0.3) is 0 Å². The van der Waals surface area contributed by atoms with Gasteiger partial charge in [0, 0.05) is 19.6 Å². The molecule has 3 amide bonds. The molecule has 2 saturated heterocycles. The van der Waals surface area contributed by atoms with Crippen molar-refractivity contribution in [2.75, 3.05) is 26.2 Å². The predicted molar refractivity (Wildman–Crippen MR) is 73.6 cm³/mol. The molecule has 0 spiro atoms. The minimum Gasteiger partial charge on any atom is -0.480 e. The van der Waals surface area contributed by atoms with Gasteiger partial charge in [-0.05, 0) is 31.6 Å². The molecule has 0 bridgehead atoms. The van der Waals surface area contributed by atoms with Crippen LogP contribution in [0.5, 0.6) is 0 Å². The third-order valence-electron chi connectivity index (χ3n) is 4.62. The zero-order valence-electron chi connectivity index (χ0n) is 12.0. The first-order chi connectivity index (χ1) is 10.1. The first-order valence-corrected chi connectivity index (χ1v) is 7.61. The van der Waals surface area contributed by atoms with Crippen molar-refractivity contribution in [1.82, 2.24) is 15.1 Å². The van der Waals surface area contributed by atoms with Gasteiger partial charge in [0.15, 0.2) is 0 Å². The van der Waals surface area contributed by atoms with Gasteiger partial charge in [0.2, 0.25) is 5.91 Å². The van der Waals surface area contributed by atoms with Gasteiger partial charge in [-0.3, -0.25) is 9.59 Å². The number of likely N-dealkylation sites (tertiary alicyclic amines) is 1. The highest BCUT2D eigenvalue weighted by molar-refractivity contribution is 5.85. The molecule has 2 N–H and O–H groups in total. The zero-order chi connectivity index (χ0) is 15.0. The number of hydrogen-bond acceptors (Lipinski definition) is 3. The number of carboxylic acid groups (broad SMARTS) is 1. The summed E-state index contributed by atoms with van der Waals surface area (Å²) in [5.74, 6) is -0.657. The maximum atomic E-state index is 12.7. The van der Waals surface area contributed by atoms with Crippen molar-refractivity contribution in [1.29, 1.82) is 0 Å². The number of fused-ring (bicyclic) bond motifs is 1. The zero-order valence-corrected chi connectivity index (χ0v) is 12.0. The molecule has 2 aliphatic heterocycles. The Kier molecular flexibility index (Phi) is 3.73. The Hall–Kier alpha value is -1.79. The van der Waals surface area contributed by atoms with Crippen LogP contribution in [0.1, 0.15) is 25.7 Å². The Morgan fingerprint density at radius 1 is 1.33 bits per heavy atom. The lowest BCUT2D eigenvalue weighted by Gasteiger charge is -2.38. The number of aliphatic carboxylic acids is 1. The molecule has 0 radical (unpaired) electrons. The molecule has 7 nitrogen and oxygen atoms in total. The smallest absolute Gasteiger partial charge is 0.323 e. The largest absolute Gasteiger partial charge is 0.480 e. The van der Waals surface area contributed by atoms with Gasteiger partial charge in [-0.1, -0.05) is 0 Å². The average molecular weight is 295 g/mol. The van der Waals surface area contributed by atoms with Crippen LogP contribution in [0.25, 0.3) is 0 Å². The van der Waals surface area contributed by atoms with E-state index in [-0.39, 0.29) is 30.4 Å². The summed E-state index contributed by atoms with van der Waals surface area (Å²) in [5.41, 5.74) is 0. The van der Waals surface area contributed by atoms with Crippen LogP contribution in [0.3, 0.4) is 0 Å². The standard InChI is InChI=1S/C14H21N3O4/c18-12(19)8-16(7-9-3-4-9)14(21)17-5-1-2-10-11(17)6-15-13(10)20/h9-11H,1-8H2,(H,15,20)(H,18,19). The lowest BCUT2D eigenvalue weighted by Crippen LogP contribution is -2.54. The molecule has 2 heterocycles. The Morgan fingerprint density at radius 2 is 2.10 bits per heavy atom. The van der Waals surface area contributed by atoms with Crippen molar-refractivity contribution < 1.29 is 19.5 Å². The Labute approximate surface area is 123 Å². The van der Waals surface area contributed by atoms with Gasteiger partial charge in [-0.25, -0.2) is 4.79 Å². The molecule has 7 heteroatoms. The first-order valence-electron chi connectivity index (χ1n) is 7.61. The van der Waals surface area contributed by atoms with E-state index < -0.39 is 5.97 Å². The van der Waals surface area contributed by atoms with Gasteiger partial charge in [0.1, 0.15) is 6.54 Å². The molecule has 3 rings (SSSR count). The highest BCUT2D eigenvalue weighted by Crippen LogP contribution is 2.32. The molecule has 3 aliphatic rings. The van der Waals surface area contributed by atoms with Crippen molar-refractivity contribution in [3.8, 4) is 0 Å². The van der Waals surface area contributed by atoms with Crippen molar-refractivity contribution in [2.45, 2.75) is 31.7 Å². The number of carboxylic acids is 1. The molecule has 21 heavy (non-hydrogen) atoms. The minimum atomic E-state index is -0.988. The summed E-state index contributed by atoms with van der Waals surface area (Å²) < 4.78 is 0. The number of amides is 3. The molecule has 0 aromatic rings. The van der Waals surface area contributed by atoms with E-state index >= 15 is 0 Å². The third kappa shape index (κ3) is 2.96. The lowest BCUT2D eigenvalue weighted by atomic mass is 9.92. The average Bonchev–Trinajstić information content (AvgIpc) is 3.19. The molecule has 0 aromatic carbocycles. The van der Waals surface area contributed by atoms with Crippen LogP contribution in [0.4, 0.5) is 4.79 Å². The van der Waals surface area contributed by atoms with Crippen LogP contribution < -0.4 is 5.32 Å². The van der Waals surface area contributed by atoms with E-state index in [9.17, 15) is 14.4 Å². The second-order valence-corrected chi connectivity index (χ2v) is 6.25. The van der Waals surface area contributed by atoms with E-state index in [2.05, 4.69) is 5.32 Å².